The van der Waals surface area contributed by atoms with E-state index in [1.54, 1.807) is 18.2 Å². The third-order valence-corrected chi connectivity index (χ3v) is 2.96. The lowest BCUT2D eigenvalue weighted by atomic mass is 10.2. The lowest BCUT2D eigenvalue weighted by Crippen LogP contribution is -2.05. The predicted octanol–water partition coefficient (Wildman–Crippen LogP) is 3.66. The van der Waals surface area contributed by atoms with Gasteiger partial charge in [-0.3, -0.25) is 0 Å². The summed E-state index contributed by atoms with van der Waals surface area (Å²) in [6.45, 7) is 0.0332. The summed E-state index contributed by atoms with van der Waals surface area (Å²) < 4.78 is 32.6. The third kappa shape index (κ3) is 3.03. The maximum Gasteiger partial charge on any atom is 0.165 e. The summed E-state index contributed by atoms with van der Waals surface area (Å²) in [5, 5.41) is 0.00804. The van der Waals surface area contributed by atoms with Crippen LogP contribution in [0, 0.1) is 11.6 Å². The fourth-order valence-electron chi connectivity index (χ4n) is 1.69. The summed E-state index contributed by atoms with van der Waals surface area (Å²) in [5.41, 5.74) is 6.29. The molecule has 2 aromatic carbocycles. The lowest BCUT2D eigenvalue weighted by Gasteiger charge is -2.12. The second-order valence-electron chi connectivity index (χ2n) is 3.93. The summed E-state index contributed by atoms with van der Waals surface area (Å²) >= 11 is 5.66. The van der Waals surface area contributed by atoms with Crippen molar-refractivity contribution in [3.63, 3.8) is 0 Å². The average Bonchev–Trinajstić information content (AvgIpc) is 2.41. The normalized spacial score (nSPS) is 10.5. The largest absolute Gasteiger partial charge is 0.485 e. The van der Waals surface area contributed by atoms with Gasteiger partial charge in [0.15, 0.2) is 11.6 Å². The zero-order valence-electron chi connectivity index (χ0n) is 10.00. The summed E-state index contributed by atoms with van der Waals surface area (Å²) in [6, 6.07) is 9.05. The Labute approximate surface area is 114 Å². The van der Waals surface area contributed by atoms with Gasteiger partial charge < -0.3 is 10.5 Å². The molecule has 0 aromatic heterocycles. The van der Waals surface area contributed by atoms with Crippen molar-refractivity contribution in [3.8, 4) is 5.75 Å². The van der Waals surface area contributed by atoms with Crippen molar-refractivity contribution in [2.45, 2.75) is 13.2 Å². The first-order chi connectivity index (χ1) is 9.13. The van der Waals surface area contributed by atoms with E-state index in [0.717, 1.165) is 0 Å². The van der Waals surface area contributed by atoms with Crippen LogP contribution in [0.5, 0.6) is 5.75 Å². The van der Waals surface area contributed by atoms with Gasteiger partial charge in [-0.05, 0) is 12.1 Å². The SMILES string of the molecule is NCc1cccc(F)c1OCc1cccc(Cl)c1F. The minimum atomic E-state index is -0.560. The van der Waals surface area contributed by atoms with Crippen LogP contribution in [0.2, 0.25) is 5.02 Å². The van der Waals surface area contributed by atoms with E-state index in [4.69, 9.17) is 22.1 Å². The smallest absolute Gasteiger partial charge is 0.165 e. The number of rotatable bonds is 4. The molecule has 0 spiro atoms. The molecule has 0 aliphatic carbocycles. The van der Waals surface area contributed by atoms with Gasteiger partial charge in [0, 0.05) is 17.7 Å². The third-order valence-electron chi connectivity index (χ3n) is 2.67. The number of halogens is 3. The predicted molar refractivity (Wildman–Crippen MR) is 70.0 cm³/mol. The summed E-state index contributed by atoms with van der Waals surface area (Å²) in [6.07, 6.45) is 0. The van der Waals surface area contributed by atoms with E-state index < -0.39 is 11.6 Å². The summed E-state index contributed by atoms with van der Waals surface area (Å²) in [4.78, 5) is 0. The van der Waals surface area contributed by atoms with Gasteiger partial charge in [-0.2, -0.15) is 0 Å². The van der Waals surface area contributed by atoms with Gasteiger partial charge in [0.05, 0.1) is 5.02 Å². The molecule has 0 aliphatic heterocycles. The molecule has 2 rings (SSSR count). The second-order valence-corrected chi connectivity index (χ2v) is 4.34. The highest BCUT2D eigenvalue weighted by Gasteiger charge is 2.11. The Morgan fingerprint density at radius 3 is 2.47 bits per heavy atom. The first-order valence-electron chi connectivity index (χ1n) is 5.66. The molecule has 0 unspecified atom stereocenters. The van der Waals surface area contributed by atoms with Crippen molar-refractivity contribution < 1.29 is 13.5 Å². The first kappa shape index (κ1) is 13.8. The Balaban J connectivity index is 2.21. The molecule has 2 aromatic rings. The molecular weight excluding hydrogens is 272 g/mol. The molecule has 0 radical (unpaired) electrons. The molecule has 0 amide bonds. The van der Waals surface area contributed by atoms with Gasteiger partial charge in [-0.25, -0.2) is 8.78 Å². The number of hydrogen-bond acceptors (Lipinski definition) is 2. The van der Waals surface area contributed by atoms with Crippen LogP contribution >= 0.6 is 11.6 Å². The van der Waals surface area contributed by atoms with Crippen LogP contribution in [0.4, 0.5) is 8.78 Å². The van der Waals surface area contributed by atoms with Crippen molar-refractivity contribution in [3.05, 3.63) is 64.2 Å². The highest BCUT2D eigenvalue weighted by atomic mass is 35.5. The Morgan fingerprint density at radius 2 is 1.74 bits per heavy atom. The zero-order chi connectivity index (χ0) is 13.8. The van der Waals surface area contributed by atoms with Gasteiger partial charge in [-0.1, -0.05) is 35.9 Å². The van der Waals surface area contributed by atoms with Crippen molar-refractivity contribution in [2.24, 2.45) is 5.73 Å². The van der Waals surface area contributed by atoms with E-state index in [1.807, 2.05) is 0 Å². The molecular formula is C14H12ClF2NO. The first-order valence-corrected chi connectivity index (χ1v) is 6.04. The van der Waals surface area contributed by atoms with Gasteiger partial charge >= 0.3 is 0 Å². The zero-order valence-corrected chi connectivity index (χ0v) is 10.8. The van der Waals surface area contributed by atoms with E-state index in [0.29, 0.717) is 5.56 Å². The van der Waals surface area contributed by atoms with Crippen LogP contribution in [0.1, 0.15) is 11.1 Å². The molecule has 19 heavy (non-hydrogen) atoms. The highest BCUT2D eigenvalue weighted by molar-refractivity contribution is 6.30. The van der Waals surface area contributed by atoms with Crippen molar-refractivity contribution >= 4 is 11.6 Å². The molecule has 0 saturated carbocycles. The fraction of sp³-hybridized carbons (Fsp3) is 0.143. The average molecular weight is 284 g/mol. The second kappa shape index (κ2) is 5.99. The Bertz CT molecular complexity index is 590. The monoisotopic (exact) mass is 283 g/mol. The van der Waals surface area contributed by atoms with Crippen LogP contribution in [0.3, 0.4) is 0 Å². The molecule has 0 aliphatic rings. The van der Waals surface area contributed by atoms with Gasteiger partial charge in [0.25, 0.3) is 0 Å². The maximum atomic E-state index is 13.7. The van der Waals surface area contributed by atoms with E-state index in [2.05, 4.69) is 0 Å². The molecule has 2 N–H and O–H groups in total. The maximum absolute atomic E-state index is 13.7. The van der Waals surface area contributed by atoms with E-state index in [1.165, 1.54) is 18.2 Å². The van der Waals surface area contributed by atoms with E-state index in [9.17, 15) is 8.78 Å². The molecule has 0 bridgehead atoms. The number of nitrogens with two attached hydrogens (primary N) is 1. The minimum absolute atomic E-state index is 0.00804. The Hall–Kier alpha value is -1.65. The lowest BCUT2D eigenvalue weighted by molar-refractivity contribution is 0.281. The van der Waals surface area contributed by atoms with Crippen LogP contribution < -0.4 is 10.5 Å². The summed E-state index contributed by atoms with van der Waals surface area (Å²) in [7, 11) is 0. The van der Waals surface area contributed by atoms with E-state index in [-0.39, 0.29) is 29.5 Å². The fourth-order valence-corrected chi connectivity index (χ4v) is 1.88. The van der Waals surface area contributed by atoms with Crippen molar-refractivity contribution in [1.29, 1.82) is 0 Å². The van der Waals surface area contributed by atoms with Crippen LogP contribution in [-0.2, 0) is 13.2 Å². The molecule has 0 heterocycles. The van der Waals surface area contributed by atoms with Crippen molar-refractivity contribution in [2.75, 3.05) is 0 Å². The summed E-state index contributed by atoms with van der Waals surface area (Å²) in [5.74, 6) is -1.04. The van der Waals surface area contributed by atoms with Crippen LogP contribution in [-0.4, -0.2) is 0 Å². The highest BCUT2D eigenvalue weighted by Crippen LogP contribution is 2.25. The Morgan fingerprint density at radius 1 is 1.05 bits per heavy atom. The molecule has 2 nitrogen and oxygen atoms in total. The van der Waals surface area contributed by atoms with Crippen LogP contribution in [0.15, 0.2) is 36.4 Å². The number of ether oxygens (including phenoxy) is 1. The van der Waals surface area contributed by atoms with Gasteiger partial charge in [0.1, 0.15) is 12.4 Å². The standard InChI is InChI=1S/C14H12ClF2NO/c15-11-5-1-4-10(13(11)17)8-19-14-9(7-18)3-2-6-12(14)16/h1-6H,7-8,18H2. The van der Waals surface area contributed by atoms with Gasteiger partial charge in [-0.15, -0.1) is 0 Å². The van der Waals surface area contributed by atoms with Gasteiger partial charge in [0.2, 0.25) is 0 Å². The molecule has 0 atom stereocenters. The van der Waals surface area contributed by atoms with Crippen LogP contribution in [0.25, 0.3) is 0 Å². The topological polar surface area (TPSA) is 35.2 Å². The Kier molecular flexibility index (Phi) is 4.35. The number of hydrogen-bond donors (Lipinski definition) is 1. The quantitative estimate of drug-likeness (QED) is 0.929. The molecule has 0 saturated heterocycles. The number of para-hydroxylation sites is 1. The van der Waals surface area contributed by atoms with E-state index >= 15 is 0 Å². The minimum Gasteiger partial charge on any atom is -0.485 e. The molecule has 0 fully saturated rings. The number of benzene rings is 2. The van der Waals surface area contributed by atoms with Crippen molar-refractivity contribution in [1.82, 2.24) is 0 Å². The molecule has 5 heteroatoms. The molecule has 100 valence electrons.